The van der Waals surface area contributed by atoms with Gasteiger partial charge in [0.2, 0.25) is 5.91 Å². The molecule has 2 amide bonds. The molecule has 19 heavy (non-hydrogen) atoms. The number of rotatable bonds is 7. The van der Waals surface area contributed by atoms with E-state index in [0.717, 1.165) is 6.42 Å². The second-order valence-corrected chi connectivity index (χ2v) is 4.17. The minimum absolute atomic E-state index is 0.0587. The first kappa shape index (κ1) is 15.1. The summed E-state index contributed by atoms with van der Waals surface area (Å²) in [5.74, 6) is -0.964. The maximum Gasteiger partial charge on any atom is 0.267 e. The Hall–Kier alpha value is -1.92. The van der Waals surface area contributed by atoms with Crippen molar-refractivity contribution in [3.63, 3.8) is 0 Å². The van der Waals surface area contributed by atoms with E-state index in [1.165, 1.54) is 11.0 Å². The van der Waals surface area contributed by atoms with Crippen LogP contribution in [0.25, 0.3) is 0 Å². The molecule has 0 heterocycles. The number of benzene rings is 1. The molecule has 0 spiro atoms. The van der Waals surface area contributed by atoms with E-state index in [2.05, 4.69) is 5.32 Å². The van der Waals surface area contributed by atoms with Crippen LogP contribution >= 0.6 is 0 Å². The smallest absolute Gasteiger partial charge is 0.267 e. The Kier molecular flexibility index (Phi) is 6.56. The standard InChI is InChI=1S/C13H19N3O3/c14-9-11(13(18)16-19)15-12(17)8-4-7-10-5-2-1-3-6-10/h1-3,5-6,11,19H,4,7-9,14H2,(H,15,17)(H,16,18). The minimum atomic E-state index is -0.894. The molecule has 1 aromatic carbocycles. The van der Waals surface area contributed by atoms with Crippen molar-refractivity contribution < 1.29 is 14.8 Å². The van der Waals surface area contributed by atoms with E-state index in [1.54, 1.807) is 0 Å². The lowest BCUT2D eigenvalue weighted by Gasteiger charge is -2.14. The number of aryl methyl sites for hydroxylation is 1. The number of hydrogen-bond acceptors (Lipinski definition) is 4. The van der Waals surface area contributed by atoms with Gasteiger partial charge in [-0.15, -0.1) is 0 Å². The fourth-order valence-corrected chi connectivity index (χ4v) is 1.67. The van der Waals surface area contributed by atoms with Crippen LogP contribution in [0, 0.1) is 0 Å². The highest BCUT2D eigenvalue weighted by Gasteiger charge is 2.17. The van der Waals surface area contributed by atoms with Crippen LogP contribution in [0.3, 0.4) is 0 Å². The molecule has 0 aliphatic rings. The van der Waals surface area contributed by atoms with Crippen molar-refractivity contribution in [1.82, 2.24) is 10.8 Å². The SMILES string of the molecule is NCC(NC(=O)CCCc1ccccc1)C(=O)NO. The first-order valence-electron chi connectivity index (χ1n) is 6.14. The van der Waals surface area contributed by atoms with Gasteiger partial charge in [0, 0.05) is 13.0 Å². The summed E-state index contributed by atoms with van der Waals surface area (Å²) >= 11 is 0. The summed E-state index contributed by atoms with van der Waals surface area (Å²) in [6.07, 6.45) is 1.80. The summed E-state index contributed by atoms with van der Waals surface area (Å²) in [7, 11) is 0. The average Bonchev–Trinajstić information content (AvgIpc) is 2.45. The van der Waals surface area contributed by atoms with Crippen LogP contribution in [0.1, 0.15) is 18.4 Å². The zero-order valence-corrected chi connectivity index (χ0v) is 10.6. The van der Waals surface area contributed by atoms with Crippen molar-refractivity contribution in [2.24, 2.45) is 5.73 Å². The maximum absolute atomic E-state index is 11.6. The molecular formula is C13H19N3O3. The highest BCUT2D eigenvalue weighted by Crippen LogP contribution is 2.04. The van der Waals surface area contributed by atoms with Gasteiger partial charge in [-0.05, 0) is 18.4 Å². The van der Waals surface area contributed by atoms with Gasteiger partial charge in [0.05, 0.1) is 0 Å². The Morgan fingerprint density at radius 3 is 2.53 bits per heavy atom. The van der Waals surface area contributed by atoms with Crippen molar-refractivity contribution in [3.05, 3.63) is 35.9 Å². The second kappa shape index (κ2) is 8.23. The summed E-state index contributed by atoms with van der Waals surface area (Å²) < 4.78 is 0. The summed E-state index contributed by atoms with van der Waals surface area (Å²) in [5.41, 5.74) is 7.97. The lowest BCUT2D eigenvalue weighted by molar-refractivity contribution is -0.134. The monoisotopic (exact) mass is 265 g/mol. The fraction of sp³-hybridized carbons (Fsp3) is 0.385. The molecule has 0 bridgehead atoms. The number of carbonyl (C=O) groups is 2. The number of hydrogen-bond donors (Lipinski definition) is 4. The number of nitrogens with one attached hydrogen (secondary N) is 2. The van der Waals surface area contributed by atoms with Crippen LogP contribution in [0.15, 0.2) is 30.3 Å². The van der Waals surface area contributed by atoms with E-state index < -0.39 is 11.9 Å². The quantitative estimate of drug-likeness (QED) is 0.410. The Labute approximate surface area is 111 Å². The van der Waals surface area contributed by atoms with Gasteiger partial charge >= 0.3 is 0 Å². The highest BCUT2D eigenvalue weighted by atomic mass is 16.5. The van der Waals surface area contributed by atoms with Crippen molar-refractivity contribution in [2.45, 2.75) is 25.3 Å². The van der Waals surface area contributed by atoms with E-state index in [9.17, 15) is 9.59 Å². The molecule has 6 heteroatoms. The molecule has 0 aliphatic carbocycles. The molecule has 0 saturated carbocycles. The fourth-order valence-electron chi connectivity index (χ4n) is 1.67. The van der Waals surface area contributed by atoms with Gasteiger partial charge < -0.3 is 11.1 Å². The Bertz CT molecular complexity index is 409. The van der Waals surface area contributed by atoms with Crippen LogP contribution < -0.4 is 16.5 Å². The maximum atomic E-state index is 11.6. The van der Waals surface area contributed by atoms with Gasteiger partial charge in [-0.2, -0.15) is 0 Å². The van der Waals surface area contributed by atoms with Crippen molar-refractivity contribution in [3.8, 4) is 0 Å². The third-order valence-electron chi connectivity index (χ3n) is 2.71. The molecule has 0 aliphatic heterocycles. The number of amides is 2. The van der Waals surface area contributed by atoms with E-state index >= 15 is 0 Å². The van der Waals surface area contributed by atoms with Crippen molar-refractivity contribution in [2.75, 3.05) is 6.54 Å². The molecule has 1 rings (SSSR count). The Balaban J connectivity index is 2.29. The molecule has 0 aromatic heterocycles. The lowest BCUT2D eigenvalue weighted by Crippen LogP contribution is -2.50. The second-order valence-electron chi connectivity index (χ2n) is 4.17. The molecule has 5 N–H and O–H groups in total. The summed E-state index contributed by atoms with van der Waals surface area (Å²) in [5, 5.41) is 10.9. The molecular weight excluding hydrogens is 246 g/mol. The van der Waals surface area contributed by atoms with Gasteiger partial charge in [-0.1, -0.05) is 30.3 Å². The lowest BCUT2D eigenvalue weighted by atomic mass is 10.1. The number of nitrogens with two attached hydrogens (primary N) is 1. The minimum Gasteiger partial charge on any atom is -0.343 e. The molecule has 1 atom stereocenters. The predicted octanol–water partition coefficient (Wildman–Crippen LogP) is -0.0418. The molecule has 0 saturated heterocycles. The zero-order valence-electron chi connectivity index (χ0n) is 10.6. The average molecular weight is 265 g/mol. The van der Waals surface area contributed by atoms with Gasteiger partial charge in [0.25, 0.3) is 5.91 Å². The van der Waals surface area contributed by atoms with E-state index in [0.29, 0.717) is 12.8 Å². The van der Waals surface area contributed by atoms with Crippen LogP contribution in [-0.4, -0.2) is 29.6 Å². The number of carbonyl (C=O) groups excluding carboxylic acids is 2. The van der Waals surface area contributed by atoms with E-state index in [-0.39, 0.29) is 12.5 Å². The first-order valence-corrected chi connectivity index (χ1v) is 6.14. The van der Waals surface area contributed by atoms with Gasteiger partial charge in [0.1, 0.15) is 6.04 Å². The Morgan fingerprint density at radius 1 is 1.26 bits per heavy atom. The van der Waals surface area contributed by atoms with Crippen LogP contribution in [-0.2, 0) is 16.0 Å². The first-order chi connectivity index (χ1) is 9.17. The van der Waals surface area contributed by atoms with E-state index in [4.69, 9.17) is 10.9 Å². The highest BCUT2D eigenvalue weighted by molar-refractivity contribution is 5.87. The molecule has 0 radical (unpaired) electrons. The van der Waals surface area contributed by atoms with E-state index in [1.807, 2.05) is 30.3 Å². The third kappa shape index (κ3) is 5.50. The molecule has 0 fully saturated rings. The molecule has 104 valence electrons. The predicted molar refractivity (Wildman–Crippen MR) is 70.3 cm³/mol. The largest absolute Gasteiger partial charge is 0.343 e. The number of hydroxylamine groups is 1. The van der Waals surface area contributed by atoms with Crippen LogP contribution in [0.5, 0.6) is 0 Å². The third-order valence-corrected chi connectivity index (χ3v) is 2.71. The Morgan fingerprint density at radius 2 is 1.95 bits per heavy atom. The summed E-state index contributed by atoms with van der Waals surface area (Å²) in [4.78, 5) is 22.7. The summed E-state index contributed by atoms with van der Waals surface area (Å²) in [6.45, 7) is -0.0587. The molecule has 1 aromatic rings. The molecule has 6 nitrogen and oxygen atoms in total. The molecule has 1 unspecified atom stereocenters. The topological polar surface area (TPSA) is 104 Å². The zero-order chi connectivity index (χ0) is 14.1. The normalized spacial score (nSPS) is 11.7. The van der Waals surface area contributed by atoms with Crippen molar-refractivity contribution in [1.29, 1.82) is 0 Å². The van der Waals surface area contributed by atoms with Crippen LogP contribution in [0.2, 0.25) is 0 Å². The van der Waals surface area contributed by atoms with Crippen LogP contribution in [0.4, 0.5) is 0 Å². The van der Waals surface area contributed by atoms with Gasteiger partial charge in [-0.3, -0.25) is 14.8 Å². The summed E-state index contributed by atoms with van der Waals surface area (Å²) in [6, 6.07) is 8.95. The van der Waals surface area contributed by atoms with Crippen molar-refractivity contribution >= 4 is 11.8 Å². The van der Waals surface area contributed by atoms with Gasteiger partial charge in [0.15, 0.2) is 0 Å². The van der Waals surface area contributed by atoms with Gasteiger partial charge in [-0.25, -0.2) is 5.48 Å².